The van der Waals surface area contributed by atoms with Crippen molar-refractivity contribution in [3.05, 3.63) is 39.7 Å². The van der Waals surface area contributed by atoms with Crippen LogP contribution in [-0.2, 0) is 27.2 Å². The van der Waals surface area contributed by atoms with Crippen molar-refractivity contribution in [2.75, 3.05) is 33.1 Å². The fourth-order valence-corrected chi connectivity index (χ4v) is 6.62. The van der Waals surface area contributed by atoms with Gasteiger partial charge in [-0.15, -0.1) is 0 Å². The minimum atomic E-state index is -2.63. The molecule has 7 N–H and O–H groups in total. The summed E-state index contributed by atoms with van der Waals surface area (Å²) in [6.45, 7) is 2.09. The summed E-state index contributed by atoms with van der Waals surface area (Å²) in [5.74, 6) is -0.149. The number of hydrogen-bond donors (Lipinski definition) is 5. The van der Waals surface area contributed by atoms with Crippen LogP contribution in [0.15, 0.2) is 23.0 Å². The molecule has 0 radical (unpaired) electrons. The van der Waals surface area contributed by atoms with Crippen molar-refractivity contribution < 1.29 is 34.5 Å². The third kappa shape index (κ3) is 4.19. The number of hydrogen-bond acceptors (Lipinski definition) is 10. The summed E-state index contributed by atoms with van der Waals surface area (Å²) in [5.41, 5.74) is 4.46. The van der Waals surface area contributed by atoms with Gasteiger partial charge < -0.3 is 30.8 Å². The van der Waals surface area contributed by atoms with Crippen molar-refractivity contribution in [3.63, 3.8) is 0 Å². The molecule has 0 spiro atoms. The number of nitrogens with two attached hydrogens (primary N) is 2. The van der Waals surface area contributed by atoms with Gasteiger partial charge >= 0.3 is 0 Å². The number of rotatable bonds is 8. The average Bonchev–Trinajstić information content (AvgIpc) is 2.85. The Kier molecular flexibility index (Phi) is 7.54. The first-order chi connectivity index (χ1) is 18.3. The molecule has 4 atom stereocenters. The van der Waals surface area contributed by atoms with E-state index in [0.717, 1.165) is 36.1 Å². The minimum Gasteiger partial charge on any atom is -0.508 e. The smallest absolute Gasteiger partial charge is 0.255 e. The normalized spacial score (nSPS) is 26.4. The molecule has 1 saturated carbocycles. The number of primary amides is 1. The first-order valence-electron chi connectivity index (χ1n) is 13.2. The molecule has 3 aliphatic rings. The maximum Gasteiger partial charge on any atom is 0.255 e. The lowest BCUT2D eigenvalue weighted by Crippen LogP contribution is -2.65. The lowest BCUT2D eigenvalue weighted by Gasteiger charge is -2.50. The van der Waals surface area contributed by atoms with Crippen LogP contribution in [0.4, 0.5) is 5.69 Å². The van der Waals surface area contributed by atoms with Gasteiger partial charge in [0.15, 0.2) is 17.1 Å². The molecular weight excluding hydrogens is 504 g/mol. The van der Waals surface area contributed by atoms with E-state index in [1.165, 1.54) is 4.90 Å². The zero-order valence-corrected chi connectivity index (χ0v) is 23.1. The molecule has 11 heteroatoms. The van der Waals surface area contributed by atoms with Gasteiger partial charge in [0.05, 0.1) is 11.6 Å². The van der Waals surface area contributed by atoms with Crippen LogP contribution < -0.4 is 21.4 Å². The fourth-order valence-electron chi connectivity index (χ4n) is 6.62. The Morgan fingerprint density at radius 3 is 2.38 bits per heavy atom. The number of amides is 1. The minimum absolute atomic E-state index is 0.0791. The molecule has 39 heavy (non-hydrogen) atoms. The summed E-state index contributed by atoms with van der Waals surface area (Å²) in [4.78, 5) is 48.2. The second-order valence-electron chi connectivity index (χ2n) is 11.2. The van der Waals surface area contributed by atoms with Crippen molar-refractivity contribution in [2.45, 2.75) is 57.1 Å². The quantitative estimate of drug-likeness (QED) is 0.183. The molecule has 1 aromatic rings. The topological polar surface area (TPSA) is 180 Å². The number of aliphatic hydroxyl groups is 3. The number of anilines is 1. The molecule has 1 amide bonds. The zero-order chi connectivity index (χ0) is 29.0. The molecule has 3 aliphatic carbocycles. The van der Waals surface area contributed by atoms with Crippen molar-refractivity contribution in [1.29, 1.82) is 0 Å². The number of aliphatic hydroxyl groups excluding tert-OH is 2. The third-order valence-electron chi connectivity index (χ3n) is 8.40. The Morgan fingerprint density at radius 1 is 1.18 bits per heavy atom. The Bertz CT molecular complexity index is 1300. The average molecular weight is 543 g/mol. The van der Waals surface area contributed by atoms with Crippen LogP contribution >= 0.6 is 0 Å². The Balaban J connectivity index is 1.98. The maximum atomic E-state index is 14.1. The second-order valence-corrected chi connectivity index (χ2v) is 11.2. The molecule has 1 aromatic carbocycles. The van der Waals surface area contributed by atoms with Crippen LogP contribution in [0.2, 0.25) is 0 Å². The van der Waals surface area contributed by atoms with Crippen LogP contribution in [0.3, 0.4) is 0 Å². The van der Waals surface area contributed by atoms with Crippen molar-refractivity contribution in [1.82, 2.24) is 4.90 Å². The predicted octanol–water partition coefficient (Wildman–Crippen LogP) is 1.31. The third-order valence-corrected chi connectivity index (χ3v) is 8.40. The van der Waals surface area contributed by atoms with Gasteiger partial charge in [-0.05, 0) is 62.9 Å². The molecule has 0 heterocycles. The summed E-state index contributed by atoms with van der Waals surface area (Å²) in [7, 11) is 6.93. The summed E-state index contributed by atoms with van der Waals surface area (Å²) in [6, 6.07) is 0.885. The number of fused-ring (bicyclic) bond motifs is 3. The van der Waals surface area contributed by atoms with Gasteiger partial charge in [0, 0.05) is 31.3 Å². The molecular formula is C28H38N4O7. The van der Waals surface area contributed by atoms with Crippen LogP contribution in [0.5, 0.6) is 5.75 Å². The maximum absolute atomic E-state index is 14.1. The summed E-state index contributed by atoms with van der Waals surface area (Å²) >= 11 is 0. The predicted molar refractivity (Wildman–Crippen MR) is 145 cm³/mol. The van der Waals surface area contributed by atoms with E-state index in [0.29, 0.717) is 12.8 Å². The van der Waals surface area contributed by atoms with E-state index in [1.807, 2.05) is 25.1 Å². The molecule has 11 nitrogen and oxygen atoms in total. The van der Waals surface area contributed by atoms with E-state index in [2.05, 4.69) is 6.92 Å². The molecule has 0 aromatic heterocycles. The Hall–Kier alpha value is -3.41. The van der Waals surface area contributed by atoms with Crippen LogP contribution in [0, 0.1) is 11.8 Å². The van der Waals surface area contributed by atoms with Gasteiger partial charge in [0.25, 0.3) is 5.91 Å². The van der Waals surface area contributed by atoms with Gasteiger partial charge in [0.2, 0.25) is 5.78 Å². The van der Waals surface area contributed by atoms with Crippen LogP contribution in [0.1, 0.15) is 49.3 Å². The lowest BCUT2D eigenvalue weighted by molar-refractivity contribution is -0.153. The highest BCUT2D eigenvalue weighted by atomic mass is 16.6. The first-order valence-corrected chi connectivity index (χ1v) is 13.2. The molecule has 4 rings (SSSR count). The number of Topliss-reactive ketones (excluding diaryl/α,β-unsaturated/α-hetero) is 2. The molecule has 0 unspecified atom stereocenters. The second kappa shape index (κ2) is 10.3. The number of carbonyl (C=O) groups excluding carboxylic acids is 3. The molecule has 212 valence electrons. The monoisotopic (exact) mass is 542 g/mol. The van der Waals surface area contributed by atoms with E-state index in [-0.39, 0.29) is 23.3 Å². The van der Waals surface area contributed by atoms with Gasteiger partial charge in [-0.25, -0.2) is 0 Å². The Labute approximate surface area is 227 Å². The highest BCUT2D eigenvalue weighted by molar-refractivity contribution is 6.24. The summed E-state index contributed by atoms with van der Waals surface area (Å²) in [5, 5.41) is 34.5. The van der Waals surface area contributed by atoms with E-state index < -0.39 is 58.0 Å². The highest BCUT2D eigenvalue weighted by Crippen LogP contribution is 2.54. The number of unbranched alkanes of at least 4 members (excludes halogenated alkanes) is 2. The van der Waals surface area contributed by atoms with Crippen molar-refractivity contribution in [2.24, 2.45) is 23.5 Å². The first kappa shape index (κ1) is 28.6. The van der Waals surface area contributed by atoms with Gasteiger partial charge in [-0.3, -0.25) is 19.3 Å². The summed E-state index contributed by atoms with van der Waals surface area (Å²) in [6.07, 6.45) is 3.88. The number of aryl methyl sites for hydroxylation is 1. The largest absolute Gasteiger partial charge is 0.508 e. The van der Waals surface area contributed by atoms with E-state index in [4.69, 9.17) is 16.5 Å². The Morgan fingerprint density at radius 2 is 1.85 bits per heavy atom. The number of likely N-dealkylation sites (N-methyl/N-ethyl adjacent to an activating group) is 1. The number of carbonyl (C=O) groups is 3. The summed E-state index contributed by atoms with van der Waals surface area (Å²) < 4.78 is 0. The lowest BCUT2D eigenvalue weighted by atomic mass is 9.57. The van der Waals surface area contributed by atoms with Gasteiger partial charge in [-0.1, -0.05) is 19.8 Å². The number of benzene rings is 1. The van der Waals surface area contributed by atoms with Gasteiger partial charge in [0.1, 0.15) is 17.1 Å². The molecule has 0 saturated heterocycles. The zero-order valence-electron chi connectivity index (χ0n) is 23.1. The number of ketones is 2. The van der Waals surface area contributed by atoms with E-state index in [9.17, 15) is 29.7 Å². The van der Waals surface area contributed by atoms with Gasteiger partial charge in [-0.2, -0.15) is 5.90 Å². The van der Waals surface area contributed by atoms with E-state index in [1.54, 1.807) is 14.1 Å². The number of nitrogens with zero attached hydrogens (tertiary/aromatic N) is 2. The van der Waals surface area contributed by atoms with Crippen LogP contribution in [-0.4, -0.2) is 77.5 Å². The van der Waals surface area contributed by atoms with E-state index >= 15 is 0 Å². The SMILES string of the molecule is CCCCCc1cc(N(C)C)c2c(c1ON)C(O)=C1C(=O)[C@]3(O)C(O)=C(C(N)=O)C(=O)[C@@H](N(C)C)[C@@H]3C[C@@H]1C2. The molecule has 0 bridgehead atoms. The molecule has 1 fully saturated rings. The highest BCUT2D eigenvalue weighted by Gasteiger charge is 2.64. The van der Waals surface area contributed by atoms with Crippen LogP contribution in [0.25, 0.3) is 5.76 Å². The fraction of sp³-hybridized carbons (Fsp3) is 0.536. The standard InChI is InChI=1S/C28H38N4O7/c1-6-7-8-9-13-12-17(31(2)3)15-10-14-11-16-21(32(4)5)23(34)20(27(29)37)26(36)28(16,38)25(35)18(14)22(33)19(15)24(13)39-30/h12,14,16,21,33,36,38H,6-11,30H2,1-5H3,(H2,29,37)/t14-,16-,21-,28-/m0/s1. The van der Waals surface area contributed by atoms with Crippen molar-refractivity contribution in [3.8, 4) is 5.75 Å². The van der Waals surface area contributed by atoms with Crippen molar-refractivity contribution >= 4 is 28.9 Å². The molecule has 0 aliphatic heterocycles.